The van der Waals surface area contributed by atoms with Crippen LogP contribution < -0.4 is 4.90 Å². The van der Waals surface area contributed by atoms with Crippen LogP contribution in [0, 0.1) is 13.8 Å². The molecule has 0 radical (unpaired) electrons. The van der Waals surface area contributed by atoms with Gasteiger partial charge in [-0.05, 0) is 91.7 Å². The Morgan fingerprint density at radius 2 is 0.942 bits per heavy atom. The zero-order valence-corrected chi connectivity index (χ0v) is 29.1. The van der Waals surface area contributed by atoms with Gasteiger partial charge in [0, 0.05) is 50.2 Å². The quantitative estimate of drug-likeness (QED) is 0.169. The number of hydrogen-bond acceptors (Lipinski definition) is 3. The summed E-state index contributed by atoms with van der Waals surface area (Å²) in [5.74, 6) is 0.720. The van der Waals surface area contributed by atoms with Crippen LogP contribution in [0.2, 0.25) is 0 Å². The Balaban J connectivity index is 1.20. The molecule has 0 N–H and O–H groups in total. The highest BCUT2D eigenvalue weighted by molar-refractivity contribution is 6.10. The molecule has 4 heteroatoms. The van der Waals surface area contributed by atoms with Gasteiger partial charge in [-0.15, -0.1) is 0 Å². The topological polar surface area (TPSA) is 34.0 Å². The minimum Gasteiger partial charge on any atom is -0.310 e. The molecular weight excluding hydrogens is 633 g/mol. The first-order valence-corrected chi connectivity index (χ1v) is 17.7. The highest BCUT2D eigenvalue weighted by atomic mass is 15.1. The van der Waals surface area contributed by atoms with Crippen LogP contribution in [-0.2, 0) is 0 Å². The standard InChI is InChI=1S/C48H36N4/c1-33-29-40(30-34(2)47(33)44-32-43(35-17-7-3-8-18-35)49-48(50-44)36-19-9-4-10-20-36)52-45-26-16-15-25-41(45)42-31-39(27-28-46(42)52)51(37-21-11-5-12-22-37)38-23-13-6-14-24-38/h3-32H,1-2H3. The molecule has 0 saturated heterocycles. The average Bonchev–Trinajstić information content (AvgIpc) is 3.53. The molecule has 0 atom stereocenters. The number of benzene rings is 7. The lowest BCUT2D eigenvalue weighted by molar-refractivity contribution is 1.14. The van der Waals surface area contributed by atoms with Crippen molar-refractivity contribution in [3.05, 3.63) is 193 Å². The van der Waals surface area contributed by atoms with E-state index < -0.39 is 0 Å². The van der Waals surface area contributed by atoms with Crippen LogP contribution in [0.4, 0.5) is 17.1 Å². The molecule has 9 rings (SSSR count). The molecule has 0 aliphatic heterocycles. The maximum absolute atomic E-state index is 5.17. The summed E-state index contributed by atoms with van der Waals surface area (Å²) in [5.41, 5.74) is 14.2. The Labute approximate surface area is 303 Å². The summed E-state index contributed by atoms with van der Waals surface area (Å²) in [5, 5.41) is 2.43. The lowest BCUT2D eigenvalue weighted by Crippen LogP contribution is -2.09. The summed E-state index contributed by atoms with van der Waals surface area (Å²) in [6.07, 6.45) is 0. The lowest BCUT2D eigenvalue weighted by atomic mass is 9.97. The van der Waals surface area contributed by atoms with E-state index in [1.54, 1.807) is 0 Å². The molecule has 0 saturated carbocycles. The number of fused-ring (bicyclic) bond motifs is 3. The van der Waals surface area contributed by atoms with Gasteiger partial charge in [-0.2, -0.15) is 0 Å². The number of aromatic nitrogens is 3. The minimum absolute atomic E-state index is 0.720. The number of para-hydroxylation sites is 3. The number of anilines is 3. The second-order valence-corrected chi connectivity index (χ2v) is 13.2. The molecule has 248 valence electrons. The third-order valence-electron chi connectivity index (χ3n) is 9.80. The Morgan fingerprint density at radius 3 is 1.58 bits per heavy atom. The van der Waals surface area contributed by atoms with Crippen LogP contribution in [-0.4, -0.2) is 14.5 Å². The maximum atomic E-state index is 5.17. The van der Waals surface area contributed by atoms with Gasteiger partial charge in [-0.3, -0.25) is 0 Å². The van der Waals surface area contributed by atoms with Crippen molar-refractivity contribution in [1.29, 1.82) is 0 Å². The predicted molar refractivity (Wildman–Crippen MR) is 217 cm³/mol. The van der Waals surface area contributed by atoms with E-state index in [-0.39, 0.29) is 0 Å². The van der Waals surface area contributed by atoms with Crippen molar-refractivity contribution < 1.29 is 0 Å². The normalized spacial score (nSPS) is 11.3. The van der Waals surface area contributed by atoms with E-state index >= 15 is 0 Å². The van der Waals surface area contributed by atoms with Gasteiger partial charge in [0.25, 0.3) is 0 Å². The van der Waals surface area contributed by atoms with Gasteiger partial charge in [0.15, 0.2) is 5.82 Å². The summed E-state index contributed by atoms with van der Waals surface area (Å²) in [6.45, 7) is 4.39. The van der Waals surface area contributed by atoms with E-state index in [2.05, 4.69) is 181 Å². The molecule has 0 spiro atoms. The Bertz CT molecular complexity index is 2560. The molecule has 0 unspecified atom stereocenters. The van der Waals surface area contributed by atoms with Crippen molar-refractivity contribution in [2.75, 3.05) is 4.90 Å². The molecule has 2 heterocycles. The largest absolute Gasteiger partial charge is 0.310 e. The van der Waals surface area contributed by atoms with Crippen molar-refractivity contribution in [2.45, 2.75) is 13.8 Å². The molecule has 0 aliphatic rings. The second kappa shape index (κ2) is 13.2. The zero-order chi connectivity index (χ0) is 35.0. The van der Waals surface area contributed by atoms with Gasteiger partial charge in [0.1, 0.15) is 0 Å². The molecule has 0 bridgehead atoms. The van der Waals surface area contributed by atoms with Crippen molar-refractivity contribution in [3.63, 3.8) is 0 Å². The zero-order valence-electron chi connectivity index (χ0n) is 29.1. The van der Waals surface area contributed by atoms with Crippen molar-refractivity contribution in [1.82, 2.24) is 14.5 Å². The average molecular weight is 669 g/mol. The molecule has 7 aromatic carbocycles. The molecule has 0 aliphatic carbocycles. The van der Waals surface area contributed by atoms with Crippen LogP contribution in [0.3, 0.4) is 0 Å². The fraction of sp³-hybridized carbons (Fsp3) is 0.0417. The van der Waals surface area contributed by atoms with Crippen molar-refractivity contribution in [2.24, 2.45) is 0 Å². The first-order chi connectivity index (χ1) is 25.6. The van der Waals surface area contributed by atoms with Crippen LogP contribution in [0.25, 0.3) is 61.4 Å². The van der Waals surface area contributed by atoms with E-state index in [0.29, 0.717) is 0 Å². The summed E-state index contributed by atoms with van der Waals surface area (Å²) in [6, 6.07) is 64.1. The maximum Gasteiger partial charge on any atom is 0.160 e. The third-order valence-corrected chi connectivity index (χ3v) is 9.80. The van der Waals surface area contributed by atoms with E-state index in [1.165, 1.54) is 16.3 Å². The van der Waals surface area contributed by atoms with Gasteiger partial charge in [-0.25, -0.2) is 9.97 Å². The molecule has 52 heavy (non-hydrogen) atoms. The van der Waals surface area contributed by atoms with E-state index in [9.17, 15) is 0 Å². The number of rotatable bonds is 7. The van der Waals surface area contributed by atoms with Crippen molar-refractivity contribution >= 4 is 38.9 Å². The first-order valence-electron chi connectivity index (χ1n) is 17.7. The van der Waals surface area contributed by atoms with Crippen LogP contribution in [0.15, 0.2) is 182 Å². The van der Waals surface area contributed by atoms with Gasteiger partial charge in [0.2, 0.25) is 0 Å². The number of hydrogen-bond donors (Lipinski definition) is 0. The molecule has 2 aromatic heterocycles. The van der Waals surface area contributed by atoms with Gasteiger partial charge in [-0.1, -0.05) is 115 Å². The van der Waals surface area contributed by atoms with E-state index in [4.69, 9.17) is 9.97 Å². The smallest absolute Gasteiger partial charge is 0.160 e. The summed E-state index contributed by atoms with van der Waals surface area (Å²) < 4.78 is 2.40. The van der Waals surface area contributed by atoms with Gasteiger partial charge >= 0.3 is 0 Å². The van der Waals surface area contributed by atoms with Gasteiger partial charge < -0.3 is 9.47 Å². The van der Waals surface area contributed by atoms with Crippen molar-refractivity contribution in [3.8, 4) is 39.6 Å². The van der Waals surface area contributed by atoms with E-state index in [1.807, 2.05) is 24.3 Å². The fourth-order valence-corrected chi connectivity index (χ4v) is 7.50. The third kappa shape index (κ3) is 5.61. The molecule has 0 amide bonds. The molecule has 9 aromatic rings. The Kier molecular flexibility index (Phi) is 7.90. The lowest BCUT2D eigenvalue weighted by Gasteiger charge is -2.25. The Morgan fingerprint density at radius 1 is 0.423 bits per heavy atom. The highest BCUT2D eigenvalue weighted by Crippen LogP contribution is 2.40. The minimum atomic E-state index is 0.720. The fourth-order valence-electron chi connectivity index (χ4n) is 7.50. The van der Waals surface area contributed by atoms with Crippen LogP contribution in [0.1, 0.15) is 11.1 Å². The van der Waals surface area contributed by atoms with Gasteiger partial charge in [0.05, 0.1) is 22.4 Å². The van der Waals surface area contributed by atoms with Crippen LogP contribution in [0.5, 0.6) is 0 Å². The van der Waals surface area contributed by atoms with E-state index in [0.717, 1.165) is 73.3 Å². The SMILES string of the molecule is Cc1cc(-n2c3ccccc3c3cc(N(c4ccccc4)c4ccccc4)ccc32)cc(C)c1-c1cc(-c2ccccc2)nc(-c2ccccc2)n1. The summed E-state index contributed by atoms with van der Waals surface area (Å²) in [7, 11) is 0. The molecule has 0 fully saturated rings. The van der Waals surface area contributed by atoms with Crippen LogP contribution >= 0.6 is 0 Å². The number of aryl methyl sites for hydroxylation is 2. The molecule has 4 nitrogen and oxygen atoms in total. The predicted octanol–water partition coefficient (Wildman–Crippen LogP) is 12.7. The monoisotopic (exact) mass is 668 g/mol. The summed E-state index contributed by atoms with van der Waals surface area (Å²) in [4.78, 5) is 12.5. The molecular formula is C48H36N4. The highest BCUT2D eigenvalue weighted by Gasteiger charge is 2.19. The second-order valence-electron chi connectivity index (χ2n) is 13.2. The number of nitrogens with zero attached hydrogens (tertiary/aromatic N) is 4. The Hall–Kier alpha value is -6.78. The summed E-state index contributed by atoms with van der Waals surface area (Å²) >= 11 is 0. The first kappa shape index (κ1) is 31.2.